The molecule has 1 N–H and O–H groups in total. The van der Waals surface area contributed by atoms with Crippen molar-refractivity contribution in [3.8, 4) is 0 Å². The number of benzene rings is 1. The number of aryl methyl sites for hydroxylation is 1. The maximum absolute atomic E-state index is 12.4. The van der Waals surface area contributed by atoms with E-state index in [9.17, 15) is 4.79 Å². The van der Waals surface area contributed by atoms with Crippen LogP contribution in [-0.2, 0) is 4.79 Å². The molecule has 1 saturated carbocycles. The van der Waals surface area contributed by atoms with Crippen LogP contribution in [0.5, 0.6) is 0 Å². The van der Waals surface area contributed by atoms with E-state index in [0.29, 0.717) is 16.1 Å². The zero-order chi connectivity index (χ0) is 19.7. The van der Waals surface area contributed by atoms with Gasteiger partial charge in [0, 0.05) is 21.9 Å². The van der Waals surface area contributed by atoms with Crippen molar-refractivity contribution in [2.24, 2.45) is 4.99 Å². The molecule has 2 heterocycles. The van der Waals surface area contributed by atoms with Crippen LogP contribution in [0, 0.1) is 13.8 Å². The Labute approximate surface area is 178 Å². The Hall–Kier alpha value is -1.79. The summed E-state index contributed by atoms with van der Waals surface area (Å²) in [7, 11) is 0. The van der Waals surface area contributed by atoms with E-state index < -0.39 is 0 Å². The van der Waals surface area contributed by atoms with Crippen molar-refractivity contribution >= 4 is 50.5 Å². The largest absolute Gasteiger partial charge is 0.346 e. The number of amides is 1. The van der Waals surface area contributed by atoms with Gasteiger partial charge in [0.25, 0.3) is 5.91 Å². The molecule has 1 amide bonds. The Bertz CT molecular complexity index is 953. The molecule has 6 heteroatoms. The van der Waals surface area contributed by atoms with Crippen molar-refractivity contribution in [3.05, 3.63) is 56.7 Å². The number of aromatic nitrogens is 1. The molecule has 2 aliphatic rings. The van der Waals surface area contributed by atoms with Gasteiger partial charge in [0.15, 0.2) is 5.17 Å². The van der Waals surface area contributed by atoms with E-state index in [1.165, 1.54) is 55.3 Å². The van der Waals surface area contributed by atoms with Crippen LogP contribution in [-0.4, -0.2) is 15.6 Å². The fourth-order valence-electron chi connectivity index (χ4n) is 4.10. The van der Waals surface area contributed by atoms with Crippen molar-refractivity contribution in [2.75, 3.05) is 0 Å². The zero-order valence-corrected chi connectivity index (χ0v) is 18.6. The minimum Gasteiger partial charge on any atom is -0.346 e. The summed E-state index contributed by atoms with van der Waals surface area (Å²) in [6.45, 7) is 4.34. The number of halogens is 1. The van der Waals surface area contributed by atoms with Crippen LogP contribution in [0.25, 0.3) is 6.08 Å². The third-order valence-corrected chi connectivity index (χ3v) is 6.90. The Balaban J connectivity index is 1.57. The lowest BCUT2D eigenvalue weighted by molar-refractivity contribution is -0.115. The van der Waals surface area contributed by atoms with Gasteiger partial charge in [-0.15, -0.1) is 0 Å². The summed E-state index contributed by atoms with van der Waals surface area (Å²) in [5, 5.41) is 3.50. The summed E-state index contributed by atoms with van der Waals surface area (Å²) in [6.07, 6.45) is 8.49. The molecule has 1 aliphatic heterocycles. The van der Waals surface area contributed by atoms with Gasteiger partial charge in [0.2, 0.25) is 0 Å². The molecule has 146 valence electrons. The van der Waals surface area contributed by atoms with Crippen molar-refractivity contribution in [1.29, 1.82) is 0 Å². The lowest BCUT2D eigenvalue weighted by atomic mass is 9.95. The molecule has 2 fully saturated rings. The summed E-state index contributed by atoms with van der Waals surface area (Å²) >= 11 is 4.82. The first kappa shape index (κ1) is 19.5. The number of carbonyl (C=O) groups is 1. The predicted molar refractivity (Wildman–Crippen MR) is 121 cm³/mol. The molecule has 1 aliphatic carbocycles. The maximum atomic E-state index is 12.4. The molecule has 28 heavy (non-hydrogen) atoms. The maximum Gasteiger partial charge on any atom is 0.264 e. The van der Waals surface area contributed by atoms with Crippen LogP contribution in [0.3, 0.4) is 0 Å². The first-order chi connectivity index (χ1) is 13.5. The molecule has 4 nitrogen and oxygen atoms in total. The Morgan fingerprint density at radius 1 is 1.18 bits per heavy atom. The van der Waals surface area contributed by atoms with E-state index in [4.69, 9.17) is 0 Å². The minimum absolute atomic E-state index is 0.0802. The summed E-state index contributed by atoms with van der Waals surface area (Å²) in [5.41, 5.74) is 4.49. The van der Waals surface area contributed by atoms with Gasteiger partial charge < -0.3 is 9.88 Å². The normalized spacial score (nSPS) is 20.9. The molecule has 0 unspecified atom stereocenters. The third kappa shape index (κ3) is 4.13. The fraction of sp³-hybridized carbons (Fsp3) is 0.364. The molecule has 1 aromatic heterocycles. The number of thioether (sulfide) groups is 1. The van der Waals surface area contributed by atoms with E-state index in [-0.39, 0.29) is 5.91 Å². The van der Waals surface area contributed by atoms with Crippen LogP contribution in [0.1, 0.15) is 55.1 Å². The van der Waals surface area contributed by atoms with E-state index in [0.717, 1.165) is 15.7 Å². The van der Waals surface area contributed by atoms with E-state index in [1.807, 2.05) is 30.3 Å². The summed E-state index contributed by atoms with van der Waals surface area (Å²) < 4.78 is 3.48. The van der Waals surface area contributed by atoms with Gasteiger partial charge in [-0.25, -0.2) is 4.99 Å². The average molecular weight is 458 g/mol. The van der Waals surface area contributed by atoms with Crippen LogP contribution < -0.4 is 5.32 Å². The molecule has 0 radical (unpaired) electrons. The van der Waals surface area contributed by atoms with Crippen molar-refractivity contribution in [3.63, 3.8) is 0 Å². The smallest absolute Gasteiger partial charge is 0.264 e. The summed E-state index contributed by atoms with van der Waals surface area (Å²) in [5.74, 6) is -0.0802. The number of nitrogens with zero attached hydrogens (tertiary/aromatic N) is 2. The number of amidine groups is 1. The lowest BCUT2D eigenvalue weighted by Gasteiger charge is -2.26. The molecule has 1 aromatic carbocycles. The van der Waals surface area contributed by atoms with Gasteiger partial charge in [-0.3, -0.25) is 4.79 Å². The zero-order valence-electron chi connectivity index (χ0n) is 16.2. The van der Waals surface area contributed by atoms with Crippen LogP contribution in [0.4, 0.5) is 5.69 Å². The topological polar surface area (TPSA) is 46.4 Å². The molecule has 0 spiro atoms. The van der Waals surface area contributed by atoms with Crippen molar-refractivity contribution < 1.29 is 4.79 Å². The van der Waals surface area contributed by atoms with Gasteiger partial charge in [-0.2, -0.15) is 0 Å². The van der Waals surface area contributed by atoms with E-state index in [2.05, 4.69) is 50.7 Å². The first-order valence-electron chi connectivity index (χ1n) is 9.75. The van der Waals surface area contributed by atoms with Crippen LogP contribution in [0.15, 0.2) is 44.7 Å². The van der Waals surface area contributed by atoms with E-state index in [1.54, 1.807) is 0 Å². The van der Waals surface area contributed by atoms with Gasteiger partial charge in [-0.1, -0.05) is 35.2 Å². The summed E-state index contributed by atoms with van der Waals surface area (Å²) in [6, 6.07) is 10.5. The van der Waals surface area contributed by atoms with Gasteiger partial charge in [0.1, 0.15) is 0 Å². The molecular weight excluding hydrogens is 434 g/mol. The number of nitrogens with one attached hydrogen (secondary N) is 1. The monoisotopic (exact) mass is 457 g/mol. The SMILES string of the molecule is Cc1cc(/C=C2\SC(=Nc3ccc(Br)cc3)NC2=O)c(C)n1C1CCCCC1. The third-order valence-electron chi connectivity index (χ3n) is 5.46. The standard InChI is InChI=1S/C22H24BrN3OS/c1-14-12-16(15(2)26(14)19-6-4-3-5-7-19)13-20-21(27)25-22(28-20)24-18-10-8-17(23)9-11-18/h8-13,19H,3-7H2,1-2H3,(H,24,25,27)/b20-13-. The van der Waals surface area contributed by atoms with Crippen LogP contribution in [0.2, 0.25) is 0 Å². The number of carbonyl (C=O) groups excluding carboxylic acids is 1. The van der Waals surface area contributed by atoms with Crippen molar-refractivity contribution in [2.45, 2.75) is 52.0 Å². The van der Waals surface area contributed by atoms with Crippen LogP contribution >= 0.6 is 27.7 Å². The second-order valence-electron chi connectivity index (χ2n) is 7.45. The second kappa shape index (κ2) is 8.29. The second-order valence-corrected chi connectivity index (χ2v) is 9.39. The molecule has 2 aromatic rings. The number of rotatable bonds is 3. The Morgan fingerprint density at radius 3 is 2.61 bits per heavy atom. The average Bonchev–Trinajstić information content (AvgIpc) is 3.16. The predicted octanol–water partition coefficient (Wildman–Crippen LogP) is 6.26. The fourth-order valence-corrected chi connectivity index (χ4v) is 5.20. The number of hydrogen-bond donors (Lipinski definition) is 1. The molecule has 0 bridgehead atoms. The highest BCUT2D eigenvalue weighted by Gasteiger charge is 2.25. The Morgan fingerprint density at radius 2 is 1.89 bits per heavy atom. The quantitative estimate of drug-likeness (QED) is 0.552. The highest BCUT2D eigenvalue weighted by molar-refractivity contribution is 9.10. The van der Waals surface area contributed by atoms with Gasteiger partial charge in [0.05, 0.1) is 10.6 Å². The van der Waals surface area contributed by atoms with Gasteiger partial charge in [-0.05, 0) is 80.4 Å². The molecular formula is C22H24BrN3OS. The Kier molecular flexibility index (Phi) is 5.78. The number of hydrogen-bond acceptors (Lipinski definition) is 3. The highest BCUT2D eigenvalue weighted by Crippen LogP contribution is 2.34. The highest BCUT2D eigenvalue weighted by atomic mass is 79.9. The molecule has 4 rings (SSSR count). The van der Waals surface area contributed by atoms with Gasteiger partial charge >= 0.3 is 0 Å². The summed E-state index contributed by atoms with van der Waals surface area (Å²) in [4.78, 5) is 17.7. The molecule has 1 saturated heterocycles. The molecule has 0 atom stereocenters. The number of aliphatic imine (C=N–C) groups is 1. The first-order valence-corrected chi connectivity index (χ1v) is 11.4. The van der Waals surface area contributed by atoms with Crippen molar-refractivity contribution in [1.82, 2.24) is 9.88 Å². The van der Waals surface area contributed by atoms with E-state index >= 15 is 0 Å². The lowest BCUT2D eigenvalue weighted by Crippen LogP contribution is -2.19. The minimum atomic E-state index is -0.0802.